The van der Waals surface area contributed by atoms with E-state index in [4.69, 9.17) is 0 Å². The van der Waals surface area contributed by atoms with Gasteiger partial charge in [-0.15, -0.1) is 5.11 Å². The molecule has 6 heteroatoms. The van der Waals surface area contributed by atoms with Crippen LogP contribution in [0.25, 0.3) is 0 Å². The maximum absolute atomic E-state index is 11.9. The van der Waals surface area contributed by atoms with Crippen molar-refractivity contribution in [3.05, 3.63) is 57.8 Å². The molecule has 2 amide bonds. The van der Waals surface area contributed by atoms with E-state index in [1.807, 2.05) is 17.5 Å². The average molecular weight is 285 g/mol. The third kappa shape index (κ3) is 2.37. The highest BCUT2D eigenvalue weighted by molar-refractivity contribution is 7.08. The molecule has 1 aliphatic rings. The molecule has 0 saturated heterocycles. The third-order valence-electron chi connectivity index (χ3n) is 3.08. The summed E-state index contributed by atoms with van der Waals surface area (Å²) in [6.45, 7) is 0.322. The number of amides is 2. The lowest BCUT2D eigenvalue weighted by molar-refractivity contribution is 0.0951. The summed E-state index contributed by atoms with van der Waals surface area (Å²) < 4.78 is 0. The van der Waals surface area contributed by atoms with Crippen molar-refractivity contribution >= 4 is 23.2 Å². The molecule has 5 nitrogen and oxygen atoms in total. The number of rotatable bonds is 3. The lowest BCUT2D eigenvalue weighted by atomic mass is 9.99. The van der Waals surface area contributed by atoms with E-state index in [0.29, 0.717) is 17.7 Å². The van der Waals surface area contributed by atoms with Crippen LogP contribution in [0.5, 0.6) is 0 Å². The van der Waals surface area contributed by atoms with Gasteiger partial charge in [0.25, 0.3) is 11.8 Å². The molecule has 3 rings (SSSR count). The van der Waals surface area contributed by atoms with Crippen molar-refractivity contribution < 1.29 is 9.59 Å². The minimum absolute atomic E-state index is 0.143. The molecule has 2 aromatic rings. The van der Waals surface area contributed by atoms with Gasteiger partial charge in [0, 0.05) is 23.1 Å². The molecule has 0 aliphatic carbocycles. The van der Waals surface area contributed by atoms with Gasteiger partial charge in [-0.3, -0.25) is 9.59 Å². The number of fused-ring (bicyclic) bond motifs is 1. The standard InChI is InChI=1S/C14H11N3O2S/c18-13(9-5-6-20-8-9)15-7-12-10-3-1-2-4-11(10)14(19)17-16-12/h1-6,8,12H,7H2,(H,15,18). The van der Waals surface area contributed by atoms with Crippen LogP contribution >= 0.6 is 11.3 Å². The Morgan fingerprint density at radius 3 is 2.95 bits per heavy atom. The van der Waals surface area contributed by atoms with Crippen molar-refractivity contribution in [2.24, 2.45) is 10.2 Å². The third-order valence-corrected chi connectivity index (χ3v) is 3.76. The van der Waals surface area contributed by atoms with Gasteiger partial charge in [0.05, 0.1) is 0 Å². The lowest BCUT2D eigenvalue weighted by Crippen LogP contribution is -2.29. The van der Waals surface area contributed by atoms with Crippen LogP contribution in [-0.4, -0.2) is 18.4 Å². The predicted molar refractivity (Wildman–Crippen MR) is 75.0 cm³/mol. The molecule has 2 heterocycles. The molecule has 1 N–H and O–H groups in total. The Morgan fingerprint density at radius 1 is 1.30 bits per heavy atom. The average Bonchev–Trinajstić information content (AvgIpc) is 3.01. The van der Waals surface area contributed by atoms with Crippen molar-refractivity contribution in [1.82, 2.24) is 5.32 Å². The lowest BCUT2D eigenvalue weighted by Gasteiger charge is -2.18. The largest absolute Gasteiger partial charge is 0.349 e. The Bertz CT molecular complexity index is 679. The number of carbonyl (C=O) groups excluding carboxylic acids is 2. The first-order valence-corrected chi connectivity index (χ1v) is 7.04. The van der Waals surface area contributed by atoms with Gasteiger partial charge in [0.2, 0.25) is 0 Å². The van der Waals surface area contributed by atoms with E-state index in [-0.39, 0.29) is 17.9 Å². The molecule has 0 spiro atoms. The van der Waals surface area contributed by atoms with Gasteiger partial charge in [-0.2, -0.15) is 16.5 Å². The van der Waals surface area contributed by atoms with Gasteiger partial charge in [-0.05, 0) is 23.1 Å². The van der Waals surface area contributed by atoms with Crippen LogP contribution in [0, 0.1) is 0 Å². The van der Waals surface area contributed by atoms with Crippen LogP contribution < -0.4 is 5.32 Å². The second-order valence-corrected chi connectivity index (χ2v) is 5.13. The normalized spacial score (nSPS) is 16.8. The van der Waals surface area contributed by atoms with Gasteiger partial charge < -0.3 is 5.32 Å². The number of benzene rings is 1. The van der Waals surface area contributed by atoms with Crippen LogP contribution in [0.2, 0.25) is 0 Å². The van der Waals surface area contributed by atoms with Gasteiger partial charge in [0.1, 0.15) is 6.04 Å². The summed E-state index contributed by atoms with van der Waals surface area (Å²) in [6, 6.07) is 8.65. The second-order valence-electron chi connectivity index (χ2n) is 4.35. The highest BCUT2D eigenvalue weighted by Gasteiger charge is 2.23. The first kappa shape index (κ1) is 12.7. The van der Waals surface area contributed by atoms with Crippen LogP contribution in [0.3, 0.4) is 0 Å². The quantitative estimate of drug-likeness (QED) is 0.942. The zero-order valence-electron chi connectivity index (χ0n) is 10.4. The summed E-state index contributed by atoms with van der Waals surface area (Å²) >= 11 is 1.47. The number of carbonyl (C=O) groups is 2. The smallest absolute Gasteiger partial charge is 0.295 e. The van der Waals surface area contributed by atoms with Crippen molar-refractivity contribution in [3.8, 4) is 0 Å². The molecule has 0 bridgehead atoms. The van der Waals surface area contributed by atoms with Crippen molar-refractivity contribution in [3.63, 3.8) is 0 Å². The van der Waals surface area contributed by atoms with Gasteiger partial charge >= 0.3 is 0 Å². The molecule has 1 aromatic carbocycles. The predicted octanol–water partition coefficient (Wildman–Crippen LogP) is 2.83. The Morgan fingerprint density at radius 2 is 2.15 bits per heavy atom. The first-order valence-electron chi connectivity index (χ1n) is 6.10. The summed E-state index contributed by atoms with van der Waals surface area (Å²) in [6.07, 6.45) is 0. The Hall–Kier alpha value is -2.34. The van der Waals surface area contributed by atoms with Crippen LogP contribution in [0.4, 0.5) is 0 Å². The molecule has 1 atom stereocenters. The summed E-state index contributed by atoms with van der Waals surface area (Å²) in [4.78, 5) is 23.5. The Kier molecular flexibility index (Phi) is 3.39. The van der Waals surface area contributed by atoms with E-state index in [1.54, 1.807) is 23.6 Å². The summed E-state index contributed by atoms with van der Waals surface area (Å²) in [7, 11) is 0. The molecular weight excluding hydrogens is 274 g/mol. The van der Waals surface area contributed by atoms with Crippen molar-refractivity contribution in [1.29, 1.82) is 0 Å². The van der Waals surface area contributed by atoms with E-state index >= 15 is 0 Å². The molecular formula is C14H11N3O2S. The number of nitrogens with zero attached hydrogens (tertiary/aromatic N) is 2. The first-order chi connectivity index (χ1) is 9.75. The van der Waals surface area contributed by atoms with Crippen LogP contribution in [0.1, 0.15) is 32.3 Å². The van der Waals surface area contributed by atoms with Gasteiger partial charge in [0.15, 0.2) is 0 Å². The molecule has 20 heavy (non-hydrogen) atoms. The van der Waals surface area contributed by atoms with E-state index < -0.39 is 0 Å². The van der Waals surface area contributed by atoms with E-state index in [0.717, 1.165) is 5.56 Å². The highest BCUT2D eigenvalue weighted by Crippen LogP contribution is 2.26. The van der Waals surface area contributed by atoms with Crippen molar-refractivity contribution in [2.75, 3.05) is 6.54 Å². The minimum atomic E-state index is -0.332. The molecule has 0 fully saturated rings. The van der Waals surface area contributed by atoms with Gasteiger partial charge in [-0.25, -0.2) is 0 Å². The SMILES string of the molecule is O=C(NCC1N=NC(=O)c2ccccc21)c1ccsc1. The summed E-state index contributed by atoms with van der Waals surface area (Å²) in [5.41, 5.74) is 1.99. The fraction of sp³-hybridized carbons (Fsp3) is 0.143. The minimum Gasteiger partial charge on any atom is -0.349 e. The number of azo groups is 1. The number of hydrogen-bond acceptors (Lipinski definition) is 4. The molecule has 1 unspecified atom stereocenters. The number of hydrogen-bond donors (Lipinski definition) is 1. The fourth-order valence-electron chi connectivity index (χ4n) is 2.06. The Labute approximate surface area is 119 Å². The van der Waals surface area contributed by atoms with E-state index in [2.05, 4.69) is 15.5 Å². The topological polar surface area (TPSA) is 70.9 Å². The maximum atomic E-state index is 11.9. The number of nitrogens with one attached hydrogen (secondary N) is 1. The summed E-state index contributed by atoms with van der Waals surface area (Å²) in [5, 5.41) is 14.0. The zero-order valence-corrected chi connectivity index (χ0v) is 11.3. The van der Waals surface area contributed by atoms with E-state index in [9.17, 15) is 9.59 Å². The zero-order chi connectivity index (χ0) is 13.9. The second kappa shape index (κ2) is 5.34. The monoisotopic (exact) mass is 285 g/mol. The van der Waals surface area contributed by atoms with Crippen molar-refractivity contribution in [2.45, 2.75) is 6.04 Å². The van der Waals surface area contributed by atoms with Gasteiger partial charge in [-0.1, -0.05) is 18.2 Å². The molecule has 1 aromatic heterocycles. The van der Waals surface area contributed by atoms with E-state index in [1.165, 1.54) is 11.3 Å². The number of thiophene rings is 1. The van der Waals surface area contributed by atoms with Crippen LogP contribution in [-0.2, 0) is 0 Å². The van der Waals surface area contributed by atoms with Crippen LogP contribution in [0.15, 0.2) is 51.3 Å². The Balaban J connectivity index is 1.74. The summed E-state index contributed by atoms with van der Waals surface area (Å²) in [5.74, 6) is -0.475. The fourth-order valence-corrected chi connectivity index (χ4v) is 2.69. The molecule has 100 valence electrons. The molecule has 0 radical (unpaired) electrons. The highest BCUT2D eigenvalue weighted by atomic mass is 32.1. The maximum Gasteiger partial charge on any atom is 0.295 e. The molecule has 0 saturated carbocycles. The molecule has 1 aliphatic heterocycles.